The fraction of sp³-hybridized carbons (Fsp3) is 0.533. The minimum Gasteiger partial charge on any atom is -0.355 e. The van der Waals surface area contributed by atoms with Gasteiger partial charge in [-0.05, 0) is 12.0 Å². The van der Waals surface area contributed by atoms with E-state index in [1.54, 1.807) is 12.3 Å². The van der Waals surface area contributed by atoms with Gasteiger partial charge in [-0.25, -0.2) is 9.97 Å². The summed E-state index contributed by atoms with van der Waals surface area (Å²) in [6.07, 6.45) is 2.81. The van der Waals surface area contributed by atoms with E-state index >= 15 is 0 Å². The highest BCUT2D eigenvalue weighted by atomic mass is 35.5. The fourth-order valence-electron chi connectivity index (χ4n) is 2.30. The van der Waals surface area contributed by atoms with Crippen molar-refractivity contribution >= 4 is 28.7 Å². The SMILES string of the molecule is CC(C)Cc1nc2cc(Cl)cnc2n1CCC(=O)NCCN. The Bertz CT molecular complexity index is 653. The van der Waals surface area contributed by atoms with Gasteiger partial charge in [0.2, 0.25) is 5.91 Å². The molecule has 0 bridgehead atoms. The molecule has 0 radical (unpaired) electrons. The van der Waals surface area contributed by atoms with Gasteiger partial charge in [-0.15, -0.1) is 0 Å². The number of nitrogens with two attached hydrogens (primary N) is 1. The van der Waals surface area contributed by atoms with Crippen LogP contribution in [0, 0.1) is 5.92 Å². The van der Waals surface area contributed by atoms with Gasteiger partial charge < -0.3 is 15.6 Å². The summed E-state index contributed by atoms with van der Waals surface area (Å²) in [5, 5.41) is 3.34. The Morgan fingerprint density at radius 3 is 2.95 bits per heavy atom. The van der Waals surface area contributed by atoms with Crippen LogP contribution in [-0.2, 0) is 17.8 Å². The Hall–Kier alpha value is -1.66. The van der Waals surface area contributed by atoms with Crippen LogP contribution in [0.2, 0.25) is 5.02 Å². The molecule has 22 heavy (non-hydrogen) atoms. The van der Waals surface area contributed by atoms with Gasteiger partial charge in [0.1, 0.15) is 11.3 Å². The van der Waals surface area contributed by atoms with E-state index in [9.17, 15) is 4.79 Å². The van der Waals surface area contributed by atoms with Gasteiger partial charge in [0.15, 0.2) is 5.65 Å². The van der Waals surface area contributed by atoms with Crippen molar-refractivity contribution in [3.05, 3.63) is 23.1 Å². The maximum Gasteiger partial charge on any atom is 0.221 e. The van der Waals surface area contributed by atoms with E-state index in [1.807, 2.05) is 4.57 Å². The molecule has 0 aromatic carbocycles. The number of aryl methyl sites for hydroxylation is 1. The molecule has 0 aliphatic carbocycles. The lowest BCUT2D eigenvalue weighted by atomic mass is 10.1. The molecular formula is C15H22ClN5O. The molecule has 3 N–H and O–H groups in total. The Morgan fingerprint density at radius 1 is 1.50 bits per heavy atom. The molecular weight excluding hydrogens is 302 g/mol. The molecule has 2 rings (SSSR count). The van der Waals surface area contributed by atoms with Gasteiger partial charge in [0, 0.05) is 38.7 Å². The Balaban J connectivity index is 2.23. The monoisotopic (exact) mass is 323 g/mol. The van der Waals surface area contributed by atoms with E-state index in [-0.39, 0.29) is 5.91 Å². The number of carbonyl (C=O) groups is 1. The van der Waals surface area contributed by atoms with Crippen molar-refractivity contribution in [2.45, 2.75) is 33.2 Å². The Labute approximate surface area is 135 Å². The lowest BCUT2D eigenvalue weighted by Crippen LogP contribution is -2.29. The molecule has 120 valence electrons. The number of hydrogen-bond acceptors (Lipinski definition) is 4. The average Bonchev–Trinajstić information content (AvgIpc) is 2.78. The zero-order chi connectivity index (χ0) is 16.1. The first kappa shape index (κ1) is 16.7. The normalized spacial score (nSPS) is 11.3. The maximum atomic E-state index is 11.8. The van der Waals surface area contributed by atoms with Crippen molar-refractivity contribution in [2.75, 3.05) is 13.1 Å². The van der Waals surface area contributed by atoms with E-state index in [4.69, 9.17) is 17.3 Å². The predicted molar refractivity (Wildman–Crippen MR) is 87.8 cm³/mol. The number of rotatable bonds is 7. The largest absolute Gasteiger partial charge is 0.355 e. The first-order valence-corrected chi connectivity index (χ1v) is 7.86. The summed E-state index contributed by atoms with van der Waals surface area (Å²) in [5.41, 5.74) is 6.92. The van der Waals surface area contributed by atoms with Gasteiger partial charge in [0.05, 0.1) is 5.02 Å². The molecule has 0 saturated carbocycles. The molecule has 2 heterocycles. The average molecular weight is 324 g/mol. The summed E-state index contributed by atoms with van der Waals surface area (Å²) >= 11 is 5.98. The van der Waals surface area contributed by atoms with E-state index in [0.717, 1.165) is 23.4 Å². The third kappa shape index (κ3) is 4.18. The summed E-state index contributed by atoms with van der Waals surface area (Å²) in [6, 6.07) is 1.80. The fourth-order valence-corrected chi connectivity index (χ4v) is 2.45. The summed E-state index contributed by atoms with van der Waals surface area (Å²) < 4.78 is 2.01. The van der Waals surface area contributed by atoms with Gasteiger partial charge >= 0.3 is 0 Å². The zero-order valence-corrected chi connectivity index (χ0v) is 13.7. The van der Waals surface area contributed by atoms with Crippen molar-refractivity contribution in [1.82, 2.24) is 19.9 Å². The van der Waals surface area contributed by atoms with Crippen LogP contribution in [0.5, 0.6) is 0 Å². The summed E-state index contributed by atoms with van der Waals surface area (Å²) in [6.45, 7) is 5.76. The van der Waals surface area contributed by atoms with Crippen molar-refractivity contribution in [2.24, 2.45) is 11.7 Å². The number of amides is 1. The summed E-state index contributed by atoms with van der Waals surface area (Å²) in [4.78, 5) is 20.8. The van der Waals surface area contributed by atoms with Crippen LogP contribution in [0.3, 0.4) is 0 Å². The third-order valence-electron chi connectivity index (χ3n) is 3.25. The minimum absolute atomic E-state index is 0.0169. The van der Waals surface area contributed by atoms with Crippen LogP contribution >= 0.6 is 11.6 Å². The van der Waals surface area contributed by atoms with Crippen LogP contribution in [-0.4, -0.2) is 33.5 Å². The number of halogens is 1. The lowest BCUT2D eigenvalue weighted by Gasteiger charge is -2.10. The predicted octanol–water partition coefficient (Wildman–Crippen LogP) is 1.75. The van der Waals surface area contributed by atoms with E-state index in [2.05, 4.69) is 29.1 Å². The molecule has 0 aliphatic rings. The topological polar surface area (TPSA) is 85.8 Å². The van der Waals surface area contributed by atoms with Crippen molar-refractivity contribution < 1.29 is 4.79 Å². The van der Waals surface area contributed by atoms with Crippen LogP contribution in [0.1, 0.15) is 26.1 Å². The number of nitrogens with one attached hydrogen (secondary N) is 1. The molecule has 0 atom stereocenters. The first-order chi connectivity index (χ1) is 10.5. The number of nitrogens with zero attached hydrogens (tertiary/aromatic N) is 3. The molecule has 0 aliphatic heterocycles. The second kappa shape index (κ2) is 7.56. The number of fused-ring (bicyclic) bond motifs is 1. The highest BCUT2D eigenvalue weighted by Gasteiger charge is 2.14. The second-order valence-corrected chi connectivity index (χ2v) is 6.10. The number of carbonyl (C=O) groups excluding carboxylic acids is 1. The lowest BCUT2D eigenvalue weighted by molar-refractivity contribution is -0.121. The Morgan fingerprint density at radius 2 is 2.27 bits per heavy atom. The van der Waals surface area contributed by atoms with Gasteiger partial charge in [0.25, 0.3) is 0 Å². The summed E-state index contributed by atoms with van der Waals surface area (Å²) in [5.74, 6) is 1.39. The van der Waals surface area contributed by atoms with Crippen molar-refractivity contribution in [1.29, 1.82) is 0 Å². The molecule has 0 spiro atoms. The molecule has 0 saturated heterocycles. The third-order valence-corrected chi connectivity index (χ3v) is 3.46. The first-order valence-electron chi connectivity index (χ1n) is 7.48. The van der Waals surface area contributed by atoms with E-state index < -0.39 is 0 Å². The minimum atomic E-state index is -0.0169. The molecule has 6 nitrogen and oxygen atoms in total. The van der Waals surface area contributed by atoms with Crippen LogP contribution < -0.4 is 11.1 Å². The van der Waals surface area contributed by atoms with Crippen molar-refractivity contribution in [3.63, 3.8) is 0 Å². The van der Waals surface area contributed by atoms with E-state index in [0.29, 0.717) is 37.0 Å². The van der Waals surface area contributed by atoms with Crippen LogP contribution in [0.25, 0.3) is 11.2 Å². The highest BCUT2D eigenvalue weighted by molar-refractivity contribution is 6.31. The molecule has 2 aromatic heterocycles. The van der Waals surface area contributed by atoms with Crippen molar-refractivity contribution in [3.8, 4) is 0 Å². The number of pyridine rings is 1. The zero-order valence-electron chi connectivity index (χ0n) is 13.0. The van der Waals surface area contributed by atoms with Gasteiger partial charge in [-0.3, -0.25) is 4.79 Å². The molecule has 0 fully saturated rings. The maximum absolute atomic E-state index is 11.8. The summed E-state index contributed by atoms with van der Waals surface area (Å²) in [7, 11) is 0. The second-order valence-electron chi connectivity index (χ2n) is 5.66. The van der Waals surface area contributed by atoms with Crippen LogP contribution in [0.4, 0.5) is 0 Å². The smallest absolute Gasteiger partial charge is 0.221 e. The molecule has 1 amide bonds. The molecule has 2 aromatic rings. The number of imidazole rings is 1. The standard InChI is InChI=1S/C15H22ClN5O/c1-10(2)7-13-20-12-8-11(16)9-19-15(12)21(13)6-3-14(22)18-5-4-17/h8-10H,3-7,17H2,1-2H3,(H,18,22). The van der Waals surface area contributed by atoms with E-state index in [1.165, 1.54) is 0 Å². The highest BCUT2D eigenvalue weighted by Crippen LogP contribution is 2.20. The van der Waals surface area contributed by atoms with Gasteiger partial charge in [-0.2, -0.15) is 0 Å². The number of hydrogen-bond donors (Lipinski definition) is 2. The molecule has 7 heteroatoms. The number of aromatic nitrogens is 3. The van der Waals surface area contributed by atoms with Gasteiger partial charge in [-0.1, -0.05) is 25.4 Å². The Kier molecular flexibility index (Phi) is 5.74. The molecule has 0 unspecified atom stereocenters. The quantitative estimate of drug-likeness (QED) is 0.812. The van der Waals surface area contributed by atoms with Crippen LogP contribution in [0.15, 0.2) is 12.3 Å².